The fraction of sp³-hybridized carbons (Fsp3) is 0.200. The molecule has 0 spiro atoms. The molecular formula is C20H18BrNO3. The number of rotatable bonds is 5. The second-order valence-corrected chi connectivity index (χ2v) is 6.58. The average molecular weight is 400 g/mol. The van der Waals surface area contributed by atoms with E-state index in [1.165, 1.54) is 0 Å². The summed E-state index contributed by atoms with van der Waals surface area (Å²) in [6.45, 7) is 4.11. The first-order valence-corrected chi connectivity index (χ1v) is 8.90. The first kappa shape index (κ1) is 17.4. The quantitative estimate of drug-likeness (QED) is 0.526. The third-order valence-corrected chi connectivity index (χ3v) is 4.51. The molecule has 1 aliphatic heterocycles. The summed E-state index contributed by atoms with van der Waals surface area (Å²) < 4.78 is 11.9. The summed E-state index contributed by atoms with van der Waals surface area (Å²) in [5.74, 6) is 0.661. The number of carbonyl (C=O) groups excluding carboxylic acids is 1. The molecule has 2 aromatic carbocycles. The van der Waals surface area contributed by atoms with Crippen LogP contribution in [0.5, 0.6) is 5.75 Å². The first-order valence-electron chi connectivity index (χ1n) is 8.11. The van der Waals surface area contributed by atoms with Gasteiger partial charge in [-0.3, -0.25) is 0 Å². The molecule has 0 N–H and O–H groups in total. The second kappa shape index (κ2) is 7.66. The summed E-state index contributed by atoms with van der Waals surface area (Å²) >= 11 is 3.44. The average Bonchev–Trinajstić information content (AvgIpc) is 2.97. The first-order chi connectivity index (χ1) is 12.1. The number of esters is 1. The van der Waals surface area contributed by atoms with Gasteiger partial charge >= 0.3 is 5.97 Å². The van der Waals surface area contributed by atoms with Crippen LogP contribution in [0.15, 0.2) is 63.7 Å². The number of benzene rings is 2. The van der Waals surface area contributed by atoms with Crippen molar-refractivity contribution in [1.82, 2.24) is 0 Å². The van der Waals surface area contributed by atoms with Gasteiger partial charge in [0.2, 0.25) is 5.90 Å². The molecule has 0 fully saturated rings. The zero-order valence-electron chi connectivity index (χ0n) is 14.0. The third-order valence-electron chi connectivity index (χ3n) is 3.82. The van der Waals surface area contributed by atoms with Gasteiger partial charge in [-0.05, 0) is 65.2 Å². The Bertz CT molecular complexity index is 840. The summed E-state index contributed by atoms with van der Waals surface area (Å²) in [5, 5.41) is 0. The minimum atomic E-state index is -0.453. The van der Waals surface area contributed by atoms with E-state index in [0.717, 1.165) is 27.8 Å². The third kappa shape index (κ3) is 4.17. The molecule has 4 nitrogen and oxygen atoms in total. The smallest absolute Gasteiger partial charge is 0.363 e. The zero-order chi connectivity index (χ0) is 17.8. The van der Waals surface area contributed by atoms with E-state index in [4.69, 9.17) is 9.47 Å². The number of nitrogens with zero attached hydrogens (tertiary/aromatic N) is 1. The number of aliphatic imine (C=N–C) groups is 1. The molecule has 1 heterocycles. The van der Waals surface area contributed by atoms with Gasteiger partial charge in [0.15, 0.2) is 5.70 Å². The van der Waals surface area contributed by atoms with Crippen molar-refractivity contribution in [3.8, 4) is 5.75 Å². The number of carbonyl (C=O) groups is 1. The molecule has 0 radical (unpaired) electrons. The Morgan fingerprint density at radius 3 is 2.60 bits per heavy atom. The standard InChI is InChI=1S/C20H18BrNO3/c1-3-13(2)24-15-10-8-14(9-11-15)12-18-20(23)25-19(22-18)16-6-4-5-7-17(16)21/h4-13H,3H2,1-2H3/b18-12-. The Balaban J connectivity index is 1.81. The fourth-order valence-corrected chi connectivity index (χ4v) is 2.73. The molecule has 25 heavy (non-hydrogen) atoms. The van der Waals surface area contributed by atoms with Crippen molar-refractivity contribution in [3.05, 3.63) is 69.8 Å². The molecule has 128 valence electrons. The van der Waals surface area contributed by atoms with E-state index in [-0.39, 0.29) is 11.8 Å². The number of cyclic esters (lactones) is 1. The topological polar surface area (TPSA) is 47.9 Å². The second-order valence-electron chi connectivity index (χ2n) is 5.72. The highest BCUT2D eigenvalue weighted by atomic mass is 79.9. The maximum Gasteiger partial charge on any atom is 0.363 e. The van der Waals surface area contributed by atoms with Crippen LogP contribution in [-0.4, -0.2) is 18.0 Å². The predicted octanol–water partition coefficient (Wildman–Crippen LogP) is 4.97. The van der Waals surface area contributed by atoms with Gasteiger partial charge in [-0.1, -0.05) is 31.2 Å². The van der Waals surface area contributed by atoms with E-state index in [0.29, 0.717) is 5.90 Å². The highest BCUT2D eigenvalue weighted by Gasteiger charge is 2.25. The van der Waals surface area contributed by atoms with Crippen molar-refractivity contribution in [3.63, 3.8) is 0 Å². The Morgan fingerprint density at radius 1 is 1.20 bits per heavy atom. The summed E-state index contributed by atoms with van der Waals surface area (Å²) in [4.78, 5) is 16.4. The molecule has 1 unspecified atom stereocenters. The van der Waals surface area contributed by atoms with E-state index in [1.807, 2.05) is 55.5 Å². The molecule has 0 aliphatic carbocycles. The van der Waals surface area contributed by atoms with Gasteiger partial charge in [-0.2, -0.15) is 0 Å². The highest BCUT2D eigenvalue weighted by Crippen LogP contribution is 2.24. The van der Waals surface area contributed by atoms with Crippen molar-refractivity contribution in [1.29, 1.82) is 0 Å². The molecule has 2 aromatic rings. The van der Waals surface area contributed by atoms with Crippen molar-refractivity contribution in [2.24, 2.45) is 4.99 Å². The summed E-state index contributed by atoms with van der Waals surface area (Å²) in [6.07, 6.45) is 2.83. The maximum atomic E-state index is 12.1. The van der Waals surface area contributed by atoms with E-state index in [1.54, 1.807) is 6.08 Å². The van der Waals surface area contributed by atoms with Crippen molar-refractivity contribution >= 4 is 33.9 Å². The molecule has 5 heteroatoms. The fourth-order valence-electron chi connectivity index (χ4n) is 2.28. The van der Waals surface area contributed by atoms with E-state index < -0.39 is 5.97 Å². The molecule has 3 rings (SSSR count). The largest absolute Gasteiger partial charge is 0.491 e. The van der Waals surface area contributed by atoms with Crippen LogP contribution in [0.3, 0.4) is 0 Å². The minimum absolute atomic E-state index is 0.172. The Hall–Kier alpha value is -2.40. The van der Waals surface area contributed by atoms with Crippen molar-refractivity contribution < 1.29 is 14.3 Å². The lowest BCUT2D eigenvalue weighted by atomic mass is 10.2. The van der Waals surface area contributed by atoms with Gasteiger partial charge in [0.05, 0.1) is 11.7 Å². The molecule has 1 atom stereocenters. The van der Waals surface area contributed by atoms with Crippen LogP contribution in [0.2, 0.25) is 0 Å². The lowest BCUT2D eigenvalue weighted by molar-refractivity contribution is -0.129. The predicted molar refractivity (Wildman–Crippen MR) is 102 cm³/mol. The van der Waals surface area contributed by atoms with E-state index in [9.17, 15) is 4.79 Å². The van der Waals surface area contributed by atoms with Crippen LogP contribution in [-0.2, 0) is 9.53 Å². The molecule has 1 aliphatic rings. The molecule has 0 bridgehead atoms. The van der Waals surface area contributed by atoms with Crippen molar-refractivity contribution in [2.75, 3.05) is 0 Å². The van der Waals surface area contributed by atoms with Crippen LogP contribution in [0.4, 0.5) is 0 Å². The number of ether oxygens (including phenoxy) is 2. The number of hydrogen-bond donors (Lipinski definition) is 0. The SMILES string of the molecule is CCC(C)Oc1ccc(/C=C2\N=C(c3ccccc3Br)OC2=O)cc1. The van der Waals surface area contributed by atoms with Gasteiger partial charge in [0, 0.05) is 4.47 Å². The van der Waals surface area contributed by atoms with Gasteiger partial charge in [0.25, 0.3) is 0 Å². The Kier molecular flexibility index (Phi) is 5.34. The van der Waals surface area contributed by atoms with Gasteiger partial charge in [0.1, 0.15) is 5.75 Å². The zero-order valence-corrected chi connectivity index (χ0v) is 15.6. The monoisotopic (exact) mass is 399 g/mol. The van der Waals surface area contributed by atoms with Gasteiger partial charge < -0.3 is 9.47 Å². The van der Waals surface area contributed by atoms with Gasteiger partial charge in [-0.25, -0.2) is 9.79 Å². The lowest BCUT2D eigenvalue weighted by Crippen LogP contribution is -2.09. The van der Waals surface area contributed by atoms with Crippen LogP contribution >= 0.6 is 15.9 Å². The molecule has 0 amide bonds. The van der Waals surface area contributed by atoms with Crippen LogP contribution < -0.4 is 4.74 Å². The molecule has 0 aromatic heterocycles. The number of hydrogen-bond acceptors (Lipinski definition) is 4. The molecule has 0 saturated heterocycles. The lowest BCUT2D eigenvalue weighted by Gasteiger charge is -2.12. The van der Waals surface area contributed by atoms with Gasteiger partial charge in [-0.15, -0.1) is 0 Å². The summed E-state index contributed by atoms with van der Waals surface area (Å²) in [7, 11) is 0. The number of halogens is 1. The van der Waals surface area contributed by atoms with E-state index in [2.05, 4.69) is 27.8 Å². The molecule has 0 saturated carbocycles. The minimum Gasteiger partial charge on any atom is -0.491 e. The summed E-state index contributed by atoms with van der Waals surface area (Å²) in [5.41, 5.74) is 1.89. The van der Waals surface area contributed by atoms with E-state index >= 15 is 0 Å². The Labute approximate surface area is 155 Å². The Morgan fingerprint density at radius 2 is 1.92 bits per heavy atom. The van der Waals surface area contributed by atoms with Crippen LogP contribution in [0.25, 0.3) is 6.08 Å². The maximum absolute atomic E-state index is 12.1. The van der Waals surface area contributed by atoms with Crippen LogP contribution in [0.1, 0.15) is 31.4 Å². The molecular weight excluding hydrogens is 382 g/mol. The summed E-state index contributed by atoms with van der Waals surface area (Å²) in [6, 6.07) is 15.0. The normalized spacial score (nSPS) is 16.5. The van der Waals surface area contributed by atoms with Crippen molar-refractivity contribution in [2.45, 2.75) is 26.4 Å². The van der Waals surface area contributed by atoms with Crippen LogP contribution in [0, 0.1) is 0 Å². The highest BCUT2D eigenvalue weighted by molar-refractivity contribution is 9.10.